The molecule has 0 saturated carbocycles. The highest BCUT2D eigenvalue weighted by molar-refractivity contribution is 5.92. The molecule has 1 aromatic carbocycles. The number of β-amino-alcohol motifs (C(OH)–C–C–N with tert-alkyl or cyclic N) is 1. The summed E-state index contributed by atoms with van der Waals surface area (Å²) in [4.78, 5) is 39.5. The van der Waals surface area contributed by atoms with Crippen molar-refractivity contribution in [2.75, 3.05) is 36.8 Å². The third-order valence-electron chi connectivity index (χ3n) is 10.3. The summed E-state index contributed by atoms with van der Waals surface area (Å²) in [7, 11) is 0. The number of hydrogen-bond acceptors (Lipinski definition) is 11. The van der Waals surface area contributed by atoms with Crippen LogP contribution < -0.4 is 10.6 Å². The number of aromatic nitrogens is 5. The largest absolute Gasteiger partial charge is 0.481 e. The Hall–Kier alpha value is -5.56. The van der Waals surface area contributed by atoms with E-state index in [1.54, 1.807) is 12.4 Å². The maximum atomic E-state index is 11.4. The number of benzene rings is 1. The molecule has 0 radical (unpaired) electrons. The third kappa shape index (κ3) is 6.88. The number of rotatable bonds is 10. The van der Waals surface area contributed by atoms with Crippen LogP contribution in [0.5, 0.6) is 0 Å². The molecule has 12 nitrogen and oxygen atoms in total. The summed E-state index contributed by atoms with van der Waals surface area (Å²) in [5.74, 6) is 0.306. The Morgan fingerprint density at radius 3 is 1.94 bits per heavy atom. The molecule has 0 bridgehead atoms. The number of aliphatic carboxylic acids is 1. The smallest absolute Gasteiger partial charge is 0.307 e. The number of aliphatic hydroxyl groups is 1. The molecular formula is C40H41N9O3. The van der Waals surface area contributed by atoms with Gasteiger partial charge in [0.25, 0.3) is 0 Å². The van der Waals surface area contributed by atoms with E-state index in [0.717, 1.165) is 92.7 Å². The molecule has 12 heteroatoms. The number of nitrogens with zero attached hydrogens (tertiary/aromatic N) is 7. The molecule has 2 aliphatic rings. The van der Waals surface area contributed by atoms with Crippen LogP contribution in [-0.4, -0.2) is 83.2 Å². The van der Waals surface area contributed by atoms with Crippen molar-refractivity contribution in [3.05, 3.63) is 102 Å². The minimum Gasteiger partial charge on any atom is -0.481 e. The molecule has 2 atom stereocenters. The summed E-state index contributed by atoms with van der Waals surface area (Å²) in [5, 5.41) is 28.3. The van der Waals surface area contributed by atoms with Gasteiger partial charge in [0.2, 0.25) is 0 Å². The van der Waals surface area contributed by atoms with Crippen LogP contribution in [0.15, 0.2) is 79.5 Å². The van der Waals surface area contributed by atoms with Gasteiger partial charge in [0.15, 0.2) is 11.6 Å². The number of carbonyl (C=O) groups is 1. The second-order valence-electron chi connectivity index (χ2n) is 13.9. The Morgan fingerprint density at radius 2 is 1.35 bits per heavy atom. The molecule has 5 aromatic heterocycles. The number of aliphatic hydroxyl groups excluding tert-OH is 1. The van der Waals surface area contributed by atoms with E-state index < -0.39 is 5.97 Å². The van der Waals surface area contributed by atoms with Gasteiger partial charge in [-0.25, -0.2) is 9.97 Å². The van der Waals surface area contributed by atoms with Gasteiger partial charge in [-0.1, -0.05) is 12.1 Å². The first kappa shape index (κ1) is 33.6. The van der Waals surface area contributed by atoms with Crippen LogP contribution in [0, 0.1) is 19.8 Å². The predicted molar refractivity (Wildman–Crippen MR) is 202 cm³/mol. The fourth-order valence-electron chi connectivity index (χ4n) is 7.44. The fourth-order valence-corrected chi connectivity index (χ4v) is 7.44. The van der Waals surface area contributed by atoms with Crippen LogP contribution >= 0.6 is 0 Å². The van der Waals surface area contributed by atoms with E-state index in [1.807, 2.05) is 48.9 Å². The van der Waals surface area contributed by atoms with E-state index in [4.69, 9.17) is 15.0 Å². The maximum Gasteiger partial charge on any atom is 0.307 e. The van der Waals surface area contributed by atoms with Crippen LogP contribution in [0.4, 0.5) is 23.0 Å². The Balaban J connectivity index is 1.02. The summed E-state index contributed by atoms with van der Waals surface area (Å²) in [6.07, 6.45) is 10.4. The molecular weight excluding hydrogens is 654 g/mol. The Kier molecular flexibility index (Phi) is 9.18. The number of carboxylic acids is 1. The molecule has 7 heterocycles. The highest BCUT2D eigenvalue weighted by atomic mass is 16.4. The van der Waals surface area contributed by atoms with Crippen molar-refractivity contribution in [3.63, 3.8) is 0 Å². The van der Waals surface area contributed by atoms with E-state index in [2.05, 4.69) is 62.4 Å². The van der Waals surface area contributed by atoms with Crippen molar-refractivity contribution in [2.24, 2.45) is 5.92 Å². The minimum absolute atomic E-state index is 0.249. The lowest BCUT2D eigenvalue weighted by molar-refractivity contribution is -0.141. The van der Waals surface area contributed by atoms with Crippen molar-refractivity contribution in [3.8, 4) is 11.3 Å². The molecule has 2 fully saturated rings. The second kappa shape index (κ2) is 14.2. The lowest BCUT2D eigenvalue weighted by Gasteiger charge is -2.18. The van der Waals surface area contributed by atoms with Crippen molar-refractivity contribution in [1.82, 2.24) is 34.7 Å². The highest BCUT2D eigenvalue weighted by Crippen LogP contribution is 2.35. The van der Waals surface area contributed by atoms with E-state index in [9.17, 15) is 15.0 Å². The van der Waals surface area contributed by atoms with Gasteiger partial charge in [-0.15, -0.1) is 0 Å². The summed E-state index contributed by atoms with van der Waals surface area (Å²) in [6, 6.07) is 16.3. The number of fused-ring (bicyclic) bond motifs is 2. The lowest BCUT2D eigenvalue weighted by Crippen LogP contribution is -2.22. The normalized spacial score (nSPS) is 18.0. The van der Waals surface area contributed by atoms with Gasteiger partial charge in [-0.2, -0.15) is 0 Å². The zero-order valence-corrected chi connectivity index (χ0v) is 29.3. The number of pyridine rings is 5. The van der Waals surface area contributed by atoms with Gasteiger partial charge < -0.3 is 20.8 Å². The summed E-state index contributed by atoms with van der Waals surface area (Å²) in [5.41, 5.74) is 9.36. The first-order valence-electron chi connectivity index (χ1n) is 17.7. The Morgan fingerprint density at radius 1 is 0.750 bits per heavy atom. The number of anilines is 4. The lowest BCUT2D eigenvalue weighted by atomic mass is 9.99. The zero-order chi connectivity index (χ0) is 35.8. The molecule has 2 saturated heterocycles. The van der Waals surface area contributed by atoms with Crippen molar-refractivity contribution in [1.29, 1.82) is 0 Å². The van der Waals surface area contributed by atoms with Gasteiger partial charge in [0, 0.05) is 91.4 Å². The molecule has 6 aromatic rings. The van der Waals surface area contributed by atoms with Gasteiger partial charge in [-0.3, -0.25) is 29.5 Å². The van der Waals surface area contributed by atoms with Gasteiger partial charge in [0.1, 0.15) is 11.0 Å². The average molecular weight is 696 g/mol. The van der Waals surface area contributed by atoms with Crippen molar-refractivity contribution >= 4 is 50.8 Å². The summed E-state index contributed by atoms with van der Waals surface area (Å²) >= 11 is 0. The third-order valence-corrected chi connectivity index (χ3v) is 10.3. The SMILES string of the molecule is Cc1c(Nc2nccc3cc(CN4CC[C@H](C(=O)O)C4)cnc23)cccc1-c1nccc(Nc2nccc3cc(CN4CC[C@@H](O)C4)cnc23)c1C. The van der Waals surface area contributed by atoms with Gasteiger partial charge >= 0.3 is 5.97 Å². The molecule has 0 amide bonds. The van der Waals surface area contributed by atoms with E-state index in [0.29, 0.717) is 37.7 Å². The van der Waals surface area contributed by atoms with E-state index >= 15 is 0 Å². The van der Waals surface area contributed by atoms with Crippen LogP contribution in [0.2, 0.25) is 0 Å². The second-order valence-corrected chi connectivity index (χ2v) is 13.9. The first-order valence-corrected chi connectivity index (χ1v) is 17.7. The molecule has 8 rings (SSSR count). The van der Waals surface area contributed by atoms with E-state index in [-0.39, 0.29) is 12.0 Å². The topological polar surface area (TPSA) is 153 Å². The average Bonchev–Trinajstić information content (AvgIpc) is 3.79. The van der Waals surface area contributed by atoms with Gasteiger partial charge in [-0.05, 0) is 91.9 Å². The fraction of sp³-hybridized carbons (Fsp3) is 0.300. The molecule has 52 heavy (non-hydrogen) atoms. The Labute approximate surface area is 301 Å². The number of hydrogen-bond donors (Lipinski definition) is 4. The predicted octanol–water partition coefficient (Wildman–Crippen LogP) is 6.21. The van der Waals surface area contributed by atoms with Crippen molar-refractivity contribution < 1.29 is 15.0 Å². The standard InChI is InChI=1S/C40H41N9O3/c1-24-32(4-3-5-33(24)46-38-36-28(6-11-42-38)16-26(18-44-36)20-48-14-9-30(22-48)40(51)52)35-25(2)34(8-13-41-35)47-39-37-29(7-12-43-39)17-27(19-45-37)21-49-15-10-31(50)23-49/h3-8,11-13,16-19,30-31,50H,9-10,14-15,20-23H2,1-2H3,(H,42,46)(H,51,52)(H,41,43,47)/t30-,31+/m0/s1. The van der Waals surface area contributed by atoms with Crippen LogP contribution in [-0.2, 0) is 17.9 Å². The number of carboxylic acid groups (broad SMARTS) is 1. The first-order chi connectivity index (χ1) is 25.3. The van der Waals surface area contributed by atoms with Crippen molar-refractivity contribution in [2.45, 2.75) is 45.9 Å². The number of nitrogens with one attached hydrogen (secondary N) is 2. The quantitative estimate of drug-likeness (QED) is 0.129. The Bertz CT molecular complexity index is 2300. The minimum atomic E-state index is -0.725. The molecule has 0 unspecified atom stereocenters. The molecule has 0 spiro atoms. The monoisotopic (exact) mass is 695 g/mol. The van der Waals surface area contributed by atoms with Crippen LogP contribution in [0.1, 0.15) is 35.1 Å². The molecule has 4 N–H and O–H groups in total. The molecule has 0 aliphatic carbocycles. The molecule has 2 aliphatic heterocycles. The maximum absolute atomic E-state index is 11.4. The van der Waals surface area contributed by atoms with Gasteiger partial charge in [0.05, 0.1) is 17.7 Å². The summed E-state index contributed by atoms with van der Waals surface area (Å²) in [6.45, 7) is 8.47. The highest BCUT2D eigenvalue weighted by Gasteiger charge is 2.28. The summed E-state index contributed by atoms with van der Waals surface area (Å²) < 4.78 is 0. The number of likely N-dealkylation sites (tertiary alicyclic amines) is 2. The van der Waals surface area contributed by atoms with Crippen LogP contribution in [0.25, 0.3) is 33.1 Å². The molecule has 264 valence electrons. The zero-order valence-electron chi connectivity index (χ0n) is 29.3. The van der Waals surface area contributed by atoms with E-state index in [1.165, 1.54) is 0 Å². The van der Waals surface area contributed by atoms with Crippen LogP contribution in [0.3, 0.4) is 0 Å².